The van der Waals surface area contributed by atoms with E-state index in [0.29, 0.717) is 34.9 Å². The van der Waals surface area contributed by atoms with Crippen molar-refractivity contribution in [3.63, 3.8) is 0 Å². The quantitative estimate of drug-likeness (QED) is 0.117. The second-order valence-corrected chi connectivity index (χ2v) is 17.1. The van der Waals surface area contributed by atoms with Crippen LogP contribution in [-0.2, 0) is 0 Å². The van der Waals surface area contributed by atoms with E-state index in [1.54, 1.807) is 24.7 Å². The molecule has 0 atom stereocenters. The van der Waals surface area contributed by atoms with Crippen LogP contribution in [0.15, 0.2) is 182 Å². The van der Waals surface area contributed by atoms with E-state index in [-0.39, 0.29) is 0 Å². The fourth-order valence-corrected chi connectivity index (χ4v) is 9.46. The number of pyridine rings is 3. The van der Waals surface area contributed by atoms with Crippen LogP contribution >= 0.6 is 0 Å². The topological polar surface area (TPSA) is 140 Å². The average molecular weight is 885 g/mol. The number of rotatable bonds is 8. The van der Waals surface area contributed by atoms with Crippen LogP contribution in [0.1, 0.15) is 11.1 Å². The molecule has 0 amide bonds. The van der Waals surface area contributed by atoms with Gasteiger partial charge in [0.1, 0.15) is 0 Å². The zero-order chi connectivity index (χ0) is 46.0. The molecule has 13 rings (SSSR count). The first-order valence-corrected chi connectivity index (χ1v) is 22.6. The largest absolute Gasteiger partial charge is 0.309 e. The summed E-state index contributed by atoms with van der Waals surface area (Å²) in [5.74, 6) is 3.35. The average Bonchev–Trinajstić information content (AvgIpc) is 3.41. The Hall–Kier alpha value is -9.54. The molecule has 10 nitrogen and oxygen atoms in total. The van der Waals surface area contributed by atoms with E-state index in [4.69, 9.17) is 35.3 Å². The molecule has 13 aromatic rings. The Kier molecular flexibility index (Phi) is 9.29. The Labute approximate surface area is 394 Å². The molecule has 69 heavy (non-hydrogen) atoms. The van der Waals surface area contributed by atoms with Crippen LogP contribution < -0.4 is 0 Å². The number of aromatic nitrogens is 9. The van der Waals surface area contributed by atoms with Gasteiger partial charge in [-0.2, -0.15) is 0 Å². The van der Waals surface area contributed by atoms with E-state index in [1.165, 1.54) is 6.21 Å². The number of nitrogens with zero attached hydrogens (tertiary/aromatic N) is 9. The summed E-state index contributed by atoms with van der Waals surface area (Å²) >= 11 is 0. The molecule has 322 valence electrons. The van der Waals surface area contributed by atoms with Gasteiger partial charge in [-0.05, 0) is 147 Å². The number of allylic oxidation sites excluding steroid dienone is 1. The van der Waals surface area contributed by atoms with Gasteiger partial charge in [-0.1, -0.05) is 72.8 Å². The monoisotopic (exact) mass is 884 g/mol. The van der Waals surface area contributed by atoms with Gasteiger partial charge in [-0.15, -0.1) is 0 Å². The summed E-state index contributed by atoms with van der Waals surface area (Å²) < 4.78 is 0. The van der Waals surface area contributed by atoms with Gasteiger partial charge < -0.3 is 5.41 Å². The van der Waals surface area contributed by atoms with Crippen molar-refractivity contribution in [1.29, 1.82) is 5.41 Å². The van der Waals surface area contributed by atoms with E-state index in [2.05, 4.69) is 113 Å². The van der Waals surface area contributed by atoms with Gasteiger partial charge in [0.2, 0.25) is 0 Å². The summed E-state index contributed by atoms with van der Waals surface area (Å²) in [6.07, 6.45) is 10.3. The molecule has 10 heteroatoms. The summed E-state index contributed by atoms with van der Waals surface area (Å²) in [4.78, 5) is 44.8. The van der Waals surface area contributed by atoms with Crippen molar-refractivity contribution < 1.29 is 0 Å². The van der Waals surface area contributed by atoms with Crippen molar-refractivity contribution in [1.82, 2.24) is 44.9 Å². The van der Waals surface area contributed by atoms with Crippen LogP contribution in [0.2, 0.25) is 0 Å². The number of benzene rings is 8. The number of fused-ring (bicyclic) bond motifs is 3. The Morgan fingerprint density at radius 3 is 1.20 bits per heavy atom. The Bertz CT molecular complexity index is 4160. The first kappa shape index (κ1) is 39.8. The maximum Gasteiger partial charge on any atom is 0.164 e. The molecule has 5 aromatic heterocycles. The number of hydrogen-bond acceptors (Lipinski definition) is 10. The van der Waals surface area contributed by atoms with Crippen molar-refractivity contribution in [3.8, 4) is 68.3 Å². The van der Waals surface area contributed by atoms with Crippen LogP contribution in [0.3, 0.4) is 0 Å². The van der Waals surface area contributed by atoms with Crippen LogP contribution in [-0.4, -0.2) is 51.1 Å². The van der Waals surface area contributed by atoms with E-state index in [0.717, 1.165) is 110 Å². The Morgan fingerprint density at radius 2 is 0.768 bits per heavy atom. The van der Waals surface area contributed by atoms with Gasteiger partial charge in [0, 0.05) is 74.3 Å². The van der Waals surface area contributed by atoms with E-state index < -0.39 is 0 Å². The van der Waals surface area contributed by atoms with E-state index in [9.17, 15) is 0 Å². The standard InChI is InChI=1S/C59H36N10/c1-34-10-11-41(30-37(34)6-2-26-60)54-64-55(42-16-23-49-38(31-42)7-3-27-61-49)67-58(66-54)47-21-14-35-13-20-46-48(22-15-36-12-19-45(47)52(35)53(36)46)59-68-56(43-17-24-50-39(32-43)8-4-28-62-50)65-57(69-59)44-18-25-51-40(33-44)9-5-29-63-51/h2-33,60H,1H3/b6-2-,60-26?. The van der Waals surface area contributed by atoms with Crippen molar-refractivity contribution in [2.45, 2.75) is 6.92 Å². The van der Waals surface area contributed by atoms with Gasteiger partial charge in [-0.3, -0.25) is 15.0 Å². The predicted octanol–water partition coefficient (Wildman–Crippen LogP) is 13.6. The minimum absolute atomic E-state index is 0.547. The maximum atomic E-state index is 7.61. The molecule has 0 saturated carbocycles. The normalized spacial score (nSPS) is 11.8. The molecule has 0 aliphatic heterocycles. The Morgan fingerprint density at radius 1 is 0.377 bits per heavy atom. The molecule has 0 bridgehead atoms. The van der Waals surface area contributed by atoms with Gasteiger partial charge >= 0.3 is 0 Å². The third-order valence-electron chi connectivity index (χ3n) is 12.9. The molecule has 0 unspecified atom stereocenters. The van der Waals surface area contributed by atoms with Crippen molar-refractivity contribution in [2.24, 2.45) is 0 Å². The summed E-state index contributed by atoms with van der Waals surface area (Å²) in [6, 6.07) is 53.8. The molecule has 8 aromatic carbocycles. The van der Waals surface area contributed by atoms with E-state index >= 15 is 0 Å². The molecule has 0 spiro atoms. The van der Waals surface area contributed by atoms with Gasteiger partial charge in [-0.25, -0.2) is 29.9 Å². The Balaban J connectivity index is 1.01. The van der Waals surface area contributed by atoms with Crippen LogP contribution in [0.5, 0.6) is 0 Å². The number of nitrogens with one attached hydrogen (secondary N) is 1. The summed E-state index contributed by atoms with van der Waals surface area (Å²) in [6.45, 7) is 2.06. The fraction of sp³-hybridized carbons (Fsp3) is 0.0169. The molecule has 1 N–H and O–H groups in total. The highest BCUT2D eigenvalue weighted by Gasteiger charge is 2.21. The third-order valence-corrected chi connectivity index (χ3v) is 12.9. The first-order valence-electron chi connectivity index (χ1n) is 22.6. The lowest BCUT2D eigenvalue weighted by atomic mass is 9.89. The number of aryl methyl sites for hydroxylation is 1. The molecule has 0 aliphatic carbocycles. The lowest BCUT2D eigenvalue weighted by molar-refractivity contribution is 1.08. The highest BCUT2D eigenvalue weighted by atomic mass is 15.0. The van der Waals surface area contributed by atoms with Gasteiger partial charge in [0.25, 0.3) is 0 Å². The highest BCUT2D eigenvalue weighted by molar-refractivity contribution is 6.27. The fourth-order valence-electron chi connectivity index (χ4n) is 9.46. The minimum Gasteiger partial charge on any atom is -0.309 e. The lowest BCUT2D eigenvalue weighted by Crippen LogP contribution is -2.02. The summed E-state index contributed by atoms with van der Waals surface area (Å²) in [5.41, 5.74) is 9.97. The maximum absolute atomic E-state index is 7.61. The molecular formula is C59H36N10. The van der Waals surface area contributed by atoms with Gasteiger partial charge in [0.05, 0.1) is 16.6 Å². The second kappa shape index (κ2) is 16.1. The zero-order valence-electron chi connectivity index (χ0n) is 37.0. The smallest absolute Gasteiger partial charge is 0.164 e. The van der Waals surface area contributed by atoms with Crippen LogP contribution in [0.25, 0.3) is 139 Å². The van der Waals surface area contributed by atoms with Crippen molar-refractivity contribution in [2.75, 3.05) is 0 Å². The minimum atomic E-state index is 0.547. The van der Waals surface area contributed by atoms with Crippen LogP contribution in [0.4, 0.5) is 0 Å². The summed E-state index contributed by atoms with van der Waals surface area (Å²) in [7, 11) is 0. The second-order valence-electron chi connectivity index (χ2n) is 17.1. The van der Waals surface area contributed by atoms with Crippen molar-refractivity contribution in [3.05, 3.63) is 194 Å². The summed E-state index contributed by atoms with van der Waals surface area (Å²) in [5, 5.41) is 17.0. The molecule has 0 aliphatic rings. The number of hydrogen-bond donors (Lipinski definition) is 1. The predicted molar refractivity (Wildman–Crippen MR) is 278 cm³/mol. The zero-order valence-corrected chi connectivity index (χ0v) is 37.0. The van der Waals surface area contributed by atoms with E-state index in [1.807, 2.05) is 72.8 Å². The SMILES string of the molecule is Cc1ccc(-c2nc(-c3ccc4ncccc4c3)nc(-c3ccc4ccc5c(-c6nc(-c7ccc8ncccc8c7)nc(-c7ccc8ncccc8c7)n6)ccc6ccc3c4c65)n2)cc1/C=C\C=N. The molecule has 0 radical (unpaired) electrons. The lowest BCUT2D eigenvalue weighted by Gasteiger charge is -2.17. The first-order chi connectivity index (χ1) is 34.0. The van der Waals surface area contributed by atoms with Gasteiger partial charge in [0.15, 0.2) is 34.9 Å². The molecule has 0 saturated heterocycles. The molecule has 0 fully saturated rings. The molecule has 5 heterocycles. The third kappa shape index (κ3) is 6.97. The highest BCUT2D eigenvalue weighted by Crippen LogP contribution is 2.42. The van der Waals surface area contributed by atoms with Crippen molar-refractivity contribution >= 4 is 77.3 Å². The van der Waals surface area contributed by atoms with Crippen LogP contribution in [0, 0.1) is 12.3 Å². The molecular weight excluding hydrogens is 849 g/mol.